The summed E-state index contributed by atoms with van der Waals surface area (Å²) in [5.74, 6) is 1.56. The zero-order chi connectivity index (χ0) is 15.9. The van der Waals surface area contributed by atoms with Crippen LogP contribution in [0.2, 0.25) is 0 Å². The zero-order valence-corrected chi connectivity index (χ0v) is 17.5. The molecule has 3 aliphatic rings. The molecular weight excluding hydrogens is 435 g/mol. The Morgan fingerprint density at radius 3 is 2.92 bits per heavy atom. The first-order valence-corrected chi connectivity index (χ1v) is 9.55. The van der Waals surface area contributed by atoms with Gasteiger partial charge in [-0.15, -0.1) is 35.3 Å². The lowest BCUT2D eigenvalue weighted by Crippen LogP contribution is -2.69. The van der Waals surface area contributed by atoms with E-state index in [0.29, 0.717) is 23.5 Å². The second-order valence-corrected chi connectivity index (χ2v) is 8.42. The molecule has 3 fully saturated rings. The van der Waals surface area contributed by atoms with Gasteiger partial charge < -0.3 is 15.4 Å². The lowest BCUT2D eigenvalue weighted by molar-refractivity contribution is -0.125. The van der Waals surface area contributed by atoms with Crippen LogP contribution in [-0.4, -0.2) is 36.7 Å². The van der Waals surface area contributed by atoms with Gasteiger partial charge in [-0.3, -0.25) is 4.99 Å². The summed E-state index contributed by atoms with van der Waals surface area (Å²) in [4.78, 5) is 10.1. The maximum Gasteiger partial charge on any atom is 0.191 e. The molecule has 1 spiro atoms. The SMILES string of the molecule is CN=C(NCc1ncc(C)s1)NC1C2CCOC2C12CCCC2.I. The van der Waals surface area contributed by atoms with E-state index in [0.717, 1.165) is 24.1 Å². The van der Waals surface area contributed by atoms with Crippen molar-refractivity contribution in [3.05, 3.63) is 16.1 Å². The predicted octanol–water partition coefficient (Wildman–Crippen LogP) is 3.08. The highest BCUT2D eigenvalue weighted by atomic mass is 127. The van der Waals surface area contributed by atoms with Gasteiger partial charge in [-0.2, -0.15) is 0 Å². The molecule has 4 rings (SSSR count). The molecule has 2 heterocycles. The molecule has 3 unspecified atom stereocenters. The van der Waals surface area contributed by atoms with Crippen LogP contribution in [0.1, 0.15) is 42.0 Å². The number of aryl methyl sites for hydroxylation is 1. The molecule has 2 saturated carbocycles. The summed E-state index contributed by atoms with van der Waals surface area (Å²) in [7, 11) is 1.85. The van der Waals surface area contributed by atoms with Gasteiger partial charge in [-0.05, 0) is 26.2 Å². The quantitative estimate of drug-likeness (QED) is 0.412. The van der Waals surface area contributed by atoms with E-state index in [1.807, 2.05) is 13.2 Å². The fraction of sp³-hybridized carbons (Fsp3) is 0.765. The zero-order valence-electron chi connectivity index (χ0n) is 14.4. The third kappa shape index (κ3) is 3.07. The predicted molar refractivity (Wildman–Crippen MR) is 108 cm³/mol. The van der Waals surface area contributed by atoms with Crippen LogP contribution in [0.4, 0.5) is 0 Å². The van der Waals surface area contributed by atoms with Crippen LogP contribution in [0, 0.1) is 18.3 Å². The van der Waals surface area contributed by atoms with E-state index in [1.165, 1.54) is 37.0 Å². The molecule has 0 aromatic carbocycles. The average molecular weight is 462 g/mol. The van der Waals surface area contributed by atoms with E-state index in [-0.39, 0.29) is 24.0 Å². The Hall–Kier alpha value is -0.410. The number of aliphatic imine (C=N–C) groups is 1. The van der Waals surface area contributed by atoms with Gasteiger partial charge in [0.2, 0.25) is 0 Å². The van der Waals surface area contributed by atoms with Gasteiger partial charge in [0.15, 0.2) is 5.96 Å². The van der Waals surface area contributed by atoms with E-state index in [2.05, 4.69) is 27.5 Å². The van der Waals surface area contributed by atoms with Crippen LogP contribution >= 0.6 is 35.3 Å². The van der Waals surface area contributed by atoms with Gasteiger partial charge in [-0.25, -0.2) is 4.98 Å². The van der Waals surface area contributed by atoms with Crippen LogP contribution in [0.15, 0.2) is 11.2 Å². The Morgan fingerprint density at radius 2 is 2.25 bits per heavy atom. The molecule has 134 valence electrons. The number of hydrogen-bond acceptors (Lipinski definition) is 4. The first-order chi connectivity index (χ1) is 11.2. The molecule has 2 N–H and O–H groups in total. The number of hydrogen-bond donors (Lipinski definition) is 2. The van der Waals surface area contributed by atoms with E-state index in [9.17, 15) is 0 Å². The van der Waals surface area contributed by atoms with Crippen LogP contribution in [0.3, 0.4) is 0 Å². The fourth-order valence-electron chi connectivity index (χ4n) is 4.89. The van der Waals surface area contributed by atoms with Gasteiger partial charge in [0.25, 0.3) is 0 Å². The van der Waals surface area contributed by atoms with E-state index in [1.54, 1.807) is 11.3 Å². The largest absolute Gasteiger partial charge is 0.377 e. The van der Waals surface area contributed by atoms with Crippen molar-refractivity contribution in [3.8, 4) is 0 Å². The number of guanidine groups is 1. The first-order valence-electron chi connectivity index (χ1n) is 8.73. The summed E-state index contributed by atoms with van der Waals surface area (Å²) in [6, 6.07) is 0.515. The van der Waals surface area contributed by atoms with Crippen molar-refractivity contribution in [3.63, 3.8) is 0 Å². The summed E-state index contributed by atoms with van der Waals surface area (Å²) in [6.45, 7) is 3.76. The molecule has 3 atom stereocenters. The molecule has 1 aliphatic heterocycles. The van der Waals surface area contributed by atoms with Crippen molar-refractivity contribution < 1.29 is 4.74 Å². The molecule has 2 aliphatic carbocycles. The number of fused-ring (bicyclic) bond motifs is 2. The van der Waals surface area contributed by atoms with Crippen LogP contribution in [0.5, 0.6) is 0 Å². The summed E-state index contributed by atoms with van der Waals surface area (Å²) < 4.78 is 6.06. The van der Waals surface area contributed by atoms with Gasteiger partial charge in [0, 0.05) is 42.1 Å². The normalized spacial score (nSPS) is 30.6. The van der Waals surface area contributed by atoms with Crippen molar-refractivity contribution >= 4 is 41.3 Å². The van der Waals surface area contributed by atoms with Crippen LogP contribution in [0.25, 0.3) is 0 Å². The number of aromatic nitrogens is 1. The standard InChI is InChI=1S/C17H26N4OS.HI/c1-11-9-19-13(23-11)10-20-16(18-2)21-14-12-5-8-22-15(12)17(14)6-3-4-7-17;/h9,12,14-15H,3-8,10H2,1-2H3,(H2,18,20,21);1H. The van der Waals surface area contributed by atoms with Gasteiger partial charge >= 0.3 is 0 Å². The van der Waals surface area contributed by atoms with Crippen LogP contribution in [-0.2, 0) is 11.3 Å². The second kappa shape index (κ2) is 7.45. The Labute approximate surface area is 165 Å². The average Bonchev–Trinajstić information content (AvgIpc) is 3.26. The Morgan fingerprint density at radius 1 is 1.46 bits per heavy atom. The number of halogens is 1. The van der Waals surface area contributed by atoms with Crippen molar-refractivity contribution in [1.82, 2.24) is 15.6 Å². The number of rotatable bonds is 3. The highest BCUT2D eigenvalue weighted by molar-refractivity contribution is 14.0. The molecule has 24 heavy (non-hydrogen) atoms. The molecule has 1 saturated heterocycles. The highest BCUT2D eigenvalue weighted by Crippen LogP contribution is 2.60. The van der Waals surface area contributed by atoms with Crippen molar-refractivity contribution in [2.45, 2.75) is 57.7 Å². The molecule has 0 radical (unpaired) electrons. The van der Waals surface area contributed by atoms with Gasteiger partial charge in [-0.1, -0.05) is 12.8 Å². The lowest BCUT2D eigenvalue weighted by atomic mass is 9.54. The Kier molecular flexibility index (Phi) is 5.71. The number of nitrogens with zero attached hydrogens (tertiary/aromatic N) is 2. The molecular formula is C17H27IN4OS. The minimum Gasteiger partial charge on any atom is -0.377 e. The maximum atomic E-state index is 6.06. The Bertz CT molecular complexity index is 599. The molecule has 5 nitrogen and oxygen atoms in total. The van der Waals surface area contributed by atoms with Crippen LogP contribution < -0.4 is 10.6 Å². The summed E-state index contributed by atoms with van der Waals surface area (Å²) in [5.41, 5.74) is 0.358. The lowest BCUT2D eigenvalue weighted by Gasteiger charge is -2.57. The van der Waals surface area contributed by atoms with E-state index < -0.39 is 0 Å². The Balaban J connectivity index is 0.00000169. The van der Waals surface area contributed by atoms with Gasteiger partial charge in [0.1, 0.15) is 5.01 Å². The van der Waals surface area contributed by atoms with Crippen molar-refractivity contribution in [1.29, 1.82) is 0 Å². The first kappa shape index (κ1) is 18.4. The summed E-state index contributed by atoms with van der Waals surface area (Å²) in [6.07, 6.45) is 8.89. The number of thiazole rings is 1. The summed E-state index contributed by atoms with van der Waals surface area (Å²) >= 11 is 1.74. The van der Waals surface area contributed by atoms with E-state index in [4.69, 9.17) is 4.74 Å². The van der Waals surface area contributed by atoms with Crippen molar-refractivity contribution in [2.75, 3.05) is 13.7 Å². The molecule has 0 bridgehead atoms. The fourth-order valence-corrected chi connectivity index (χ4v) is 5.62. The molecule has 7 heteroatoms. The number of nitrogens with one attached hydrogen (secondary N) is 2. The number of ether oxygens (including phenoxy) is 1. The highest BCUT2D eigenvalue weighted by Gasteiger charge is 2.65. The minimum atomic E-state index is 0. The molecule has 1 aromatic heterocycles. The summed E-state index contributed by atoms with van der Waals surface area (Å²) in [5, 5.41) is 8.26. The van der Waals surface area contributed by atoms with Gasteiger partial charge in [0.05, 0.1) is 12.6 Å². The smallest absolute Gasteiger partial charge is 0.191 e. The topological polar surface area (TPSA) is 58.5 Å². The van der Waals surface area contributed by atoms with E-state index >= 15 is 0 Å². The third-order valence-electron chi connectivity index (χ3n) is 5.88. The van der Waals surface area contributed by atoms with Crippen molar-refractivity contribution in [2.24, 2.45) is 16.3 Å². The third-order valence-corrected chi connectivity index (χ3v) is 6.79. The molecule has 1 aromatic rings. The monoisotopic (exact) mass is 462 g/mol. The minimum absolute atomic E-state index is 0. The molecule has 0 amide bonds. The second-order valence-electron chi connectivity index (χ2n) is 7.10. The maximum absolute atomic E-state index is 6.06.